The highest BCUT2D eigenvalue weighted by atomic mass is 16.5. The number of aryl methyl sites for hydroxylation is 2. The van der Waals surface area contributed by atoms with E-state index in [2.05, 4.69) is 0 Å². The second-order valence-electron chi connectivity index (χ2n) is 4.22. The van der Waals surface area contributed by atoms with Gasteiger partial charge in [0.05, 0.1) is 0 Å². The van der Waals surface area contributed by atoms with Crippen molar-refractivity contribution >= 4 is 5.91 Å². The summed E-state index contributed by atoms with van der Waals surface area (Å²) < 4.78 is 5.52. The molecule has 0 saturated carbocycles. The van der Waals surface area contributed by atoms with Crippen LogP contribution >= 0.6 is 0 Å². The zero-order valence-electron chi connectivity index (χ0n) is 9.63. The van der Waals surface area contributed by atoms with Gasteiger partial charge in [-0.3, -0.25) is 4.79 Å². The Morgan fingerprint density at radius 2 is 1.87 bits per heavy atom. The molecule has 0 aromatic heterocycles. The number of carbonyl (C=O) groups excluding carboxylic acids is 1. The second-order valence-corrected chi connectivity index (χ2v) is 4.22. The van der Waals surface area contributed by atoms with E-state index in [9.17, 15) is 4.79 Å². The third-order valence-corrected chi connectivity index (χ3v) is 2.44. The van der Waals surface area contributed by atoms with Crippen molar-refractivity contribution in [2.24, 2.45) is 5.73 Å². The minimum Gasteiger partial charge on any atom is -0.478 e. The monoisotopic (exact) mass is 207 g/mol. The van der Waals surface area contributed by atoms with Crippen LogP contribution in [0.3, 0.4) is 0 Å². The quantitative estimate of drug-likeness (QED) is 0.823. The van der Waals surface area contributed by atoms with Crippen LogP contribution in [0.15, 0.2) is 18.2 Å². The lowest BCUT2D eigenvalue weighted by Gasteiger charge is -2.23. The Kier molecular flexibility index (Phi) is 3.03. The van der Waals surface area contributed by atoms with Crippen molar-refractivity contribution in [1.29, 1.82) is 0 Å². The number of ether oxygens (including phenoxy) is 1. The third kappa shape index (κ3) is 2.72. The van der Waals surface area contributed by atoms with Crippen molar-refractivity contribution in [3.05, 3.63) is 29.3 Å². The molecule has 1 aromatic rings. The number of amides is 1. The van der Waals surface area contributed by atoms with Gasteiger partial charge in [0.2, 0.25) is 0 Å². The van der Waals surface area contributed by atoms with Crippen molar-refractivity contribution in [3.8, 4) is 5.75 Å². The molecule has 2 N–H and O–H groups in total. The SMILES string of the molecule is Cc1ccc(OC(C)(C)C(N)=O)cc1C. The fraction of sp³-hybridized carbons (Fsp3) is 0.417. The smallest absolute Gasteiger partial charge is 0.261 e. The second kappa shape index (κ2) is 3.93. The Bertz CT molecular complexity index is 383. The highest BCUT2D eigenvalue weighted by Gasteiger charge is 2.26. The van der Waals surface area contributed by atoms with Crippen LogP contribution < -0.4 is 10.5 Å². The van der Waals surface area contributed by atoms with Crippen LogP contribution in [0.5, 0.6) is 5.75 Å². The molecule has 82 valence electrons. The summed E-state index contributed by atoms with van der Waals surface area (Å²) in [7, 11) is 0. The molecule has 0 aliphatic heterocycles. The van der Waals surface area contributed by atoms with Crippen molar-refractivity contribution in [2.75, 3.05) is 0 Å². The molecule has 0 spiro atoms. The first-order chi connectivity index (χ1) is 6.83. The van der Waals surface area contributed by atoms with Crippen LogP contribution in [0.4, 0.5) is 0 Å². The van der Waals surface area contributed by atoms with Crippen LogP contribution in [0.2, 0.25) is 0 Å². The fourth-order valence-corrected chi connectivity index (χ4v) is 1.12. The summed E-state index contributed by atoms with van der Waals surface area (Å²) in [5, 5.41) is 0. The molecule has 3 nitrogen and oxygen atoms in total. The Balaban J connectivity index is 2.91. The molecule has 0 bridgehead atoms. The number of benzene rings is 1. The van der Waals surface area contributed by atoms with Crippen LogP contribution in [0.25, 0.3) is 0 Å². The molecule has 0 unspecified atom stereocenters. The van der Waals surface area contributed by atoms with Crippen LogP contribution in [0, 0.1) is 13.8 Å². The predicted molar refractivity (Wildman–Crippen MR) is 59.8 cm³/mol. The Morgan fingerprint density at radius 3 is 2.33 bits per heavy atom. The fourth-order valence-electron chi connectivity index (χ4n) is 1.12. The standard InChI is InChI=1S/C12H17NO2/c1-8-5-6-10(7-9(8)2)15-12(3,4)11(13)14/h5-7H,1-4H3,(H2,13,14). The van der Waals surface area contributed by atoms with E-state index in [0.29, 0.717) is 5.75 Å². The van der Waals surface area contributed by atoms with E-state index in [1.54, 1.807) is 13.8 Å². The maximum absolute atomic E-state index is 11.1. The summed E-state index contributed by atoms with van der Waals surface area (Å²) in [5.74, 6) is 0.197. The first kappa shape index (κ1) is 11.6. The van der Waals surface area contributed by atoms with Crippen LogP contribution in [-0.4, -0.2) is 11.5 Å². The Morgan fingerprint density at radius 1 is 1.27 bits per heavy atom. The van der Waals surface area contributed by atoms with Gasteiger partial charge >= 0.3 is 0 Å². The van der Waals surface area contributed by atoms with Crippen LogP contribution in [-0.2, 0) is 4.79 Å². The first-order valence-electron chi connectivity index (χ1n) is 4.89. The molecule has 0 saturated heterocycles. The third-order valence-electron chi connectivity index (χ3n) is 2.44. The number of hydrogen-bond acceptors (Lipinski definition) is 2. The predicted octanol–water partition coefficient (Wildman–Crippen LogP) is 1.95. The molecule has 0 heterocycles. The van der Waals surface area contributed by atoms with E-state index in [1.165, 1.54) is 5.56 Å². The van der Waals surface area contributed by atoms with Gasteiger partial charge < -0.3 is 10.5 Å². The van der Waals surface area contributed by atoms with Gasteiger partial charge in [0.25, 0.3) is 5.91 Å². The van der Waals surface area contributed by atoms with Crippen LogP contribution in [0.1, 0.15) is 25.0 Å². The van der Waals surface area contributed by atoms with E-state index in [1.807, 2.05) is 32.0 Å². The number of primary amides is 1. The highest BCUT2D eigenvalue weighted by molar-refractivity contribution is 5.82. The lowest BCUT2D eigenvalue weighted by molar-refractivity contribution is -0.130. The average Bonchev–Trinajstić information content (AvgIpc) is 2.10. The lowest BCUT2D eigenvalue weighted by Crippen LogP contribution is -2.43. The molecule has 1 amide bonds. The number of nitrogens with two attached hydrogens (primary N) is 1. The summed E-state index contributed by atoms with van der Waals surface area (Å²) >= 11 is 0. The number of rotatable bonds is 3. The van der Waals surface area contributed by atoms with E-state index in [4.69, 9.17) is 10.5 Å². The van der Waals surface area contributed by atoms with Crippen molar-refractivity contribution in [1.82, 2.24) is 0 Å². The van der Waals surface area contributed by atoms with Crippen molar-refractivity contribution in [2.45, 2.75) is 33.3 Å². The Labute approximate surface area is 90.2 Å². The zero-order chi connectivity index (χ0) is 11.6. The summed E-state index contributed by atoms with van der Waals surface area (Å²) in [6.07, 6.45) is 0. The molecule has 0 radical (unpaired) electrons. The van der Waals surface area contributed by atoms with Gasteiger partial charge in [-0.15, -0.1) is 0 Å². The maximum atomic E-state index is 11.1. The summed E-state index contributed by atoms with van der Waals surface area (Å²) in [6, 6.07) is 5.70. The van der Waals surface area contributed by atoms with Gasteiger partial charge in [0.1, 0.15) is 5.75 Å². The molecule has 3 heteroatoms. The normalized spacial score (nSPS) is 11.2. The van der Waals surface area contributed by atoms with Gasteiger partial charge in [0.15, 0.2) is 5.60 Å². The average molecular weight is 207 g/mol. The first-order valence-corrected chi connectivity index (χ1v) is 4.89. The molecule has 0 atom stereocenters. The van der Waals surface area contributed by atoms with E-state index < -0.39 is 11.5 Å². The zero-order valence-corrected chi connectivity index (χ0v) is 9.63. The van der Waals surface area contributed by atoms with Gasteiger partial charge in [0, 0.05) is 0 Å². The topological polar surface area (TPSA) is 52.3 Å². The van der Waals surface area contributed by atoms with Gasteiger partial charge in [-0.05, 0) is 51.0 Å². The van der Waals surface area contributed by atoms with Gasteiger partial charge in [-0.1, -0.05) is 6.07 Å². The molecular weight excluding hydrogens is 190 g/mol. The number of carbonyl (C=O) groups is 1. The maximum Gasteiger partial charge on any atom is 0.261 e. The van der Waals surface area contributed by atoms with Crippen molar-refractivity contribution < 1.29 is 9.53 Å². The molecular formula is C12H17NO2. The van der Waals surface area contributed by atoms with Gasteiger partial charge in [-0.2, -0.15) is 0 Å². The molecule has 0 aliphatic rings. The lowest BCUT2D eigenvalue weighted by atomic mass is 10.1. The highest BCUT2D eigenvalue weighted by Crippen LogP contribution is 2.21. The molecule has 0 aliphatic carbocycles. The van der Waals surface area contributed by atoms with Crippen molar-refractivity contribution in [3.63, 3.8) is 0 Å². The minimum absolute atomic E-state index is 0.472. The molecule has 15 heavy (non-hydrogen) atoms. The number of hydrogen-bond donors (Lipinski definition) is 1. The minimum atomic E-state index is -0.971. The van der Waals surface area contributed by atoms with E-state index in [-0.39, 0.29) is 0 Å². The summed E-state index contributed by atoms with van der Waals surface area (Å²) in [5.41, 5.74) is 6.58. The largest absolute Gasteiger partial charge is 0.478 e. The van der Waals surface area contributed by atoms with E-state index >= 15 is 0 Å². The molecule has 1 aromatic carbocycles. The summed E-state index contributed by atoms with van der Waals surface area (Å²) in [4.78, 5) is 11.1. The van der Waals surface area contributed by atoms with Gasteiger partial charge in [-0.25, -0.2) is 0 Å². The Hall–Kier alpha value is -1.51. The summed E-state index contributed by atoms with van der Waals surface area (Å²) in [6.45, 7) is 7.34. The molecule has 0 fully saturated rings. The molecule has 1 rings (SSSR count). The van der Waals surface area contributed by atoms with E-state index in [0.717, 1.165) is 5.56 Å².